The zero-order valence-electron chi connectivity index (χ0n) is 19.1. The van der Waals surface area contributed by atoms with Crippen molar-refractivity contribution in [3.05, 3.63) is 101 Å². The molecular weight excluding hydrogens is 396 g/mol. The molecule has 166 valence electrons. The van der Waals surface area contributed by atoms with Crippen molar-refractivity contribution >= 4 is 5.78 Å². The molecule has 1 aliphatic heterocycles. The van der Waals surface area contributed by atoms with Gasteiger partial charge < -0.3 is 5.11 Å². The number of phenolic OH excluding ortho intramolecular Hbond substituents is 1. The van der Waals surface area contributed by atoms with Crippen LogP contribution in [-0.2, 0) is 6.54 Å². The second-order valence-corrected chi connectivity index (χ2v) is 8.98. The SMILES string of the molecule is CC(=O)c1ccc([C@H](c2ccccc2)N2C[C@@H](C)N(Cc3ccc(O)cc3)C[C@@H]2C)cc1. The minimum Gasteiger partial charge on any atom is -0.508 e. The summed E-state index contributed by atoms with van der Waals surface area (Å²) in [5, 5.41) is 9.58. The van der Waals surface area contributed by atoms with Gasteiger partial charge >= 0.3 is 0 Å². The van der Waals surface area contributed by atoms with Crippen LogP contribution in [0, 0.1) is 0 Å². The van der Waals surface area contributed by atoms with Crippen LogP contribution < -0.4 is 0 Å². The largest absolute Gasteiger partial charge is 0.508 e. The zero-order chi connectivity index (χ0) is 22.7. The van der Waals surface area contributed by atoms with Gasteiger partial charge in [-0.25, -0.2) is 0 Å². The minimum atomic E-state index is 0.0950. The Kier molecular flexibility index (Phi) is 6.73. The quantitative estimate of drug-likeness (QED) is 0.543. The van der Waals surface area contributed by atoms with Gasteiger partial charge in [-0.2, -0.15) is 0 Å². The maximum atomic E-state index is 11.8. The monoisotopic (exact) mass is 428 g/mol. The summed E-state index contributed by atoms with van der Waals surface area (Å²) in [5.41, 5.74) is 4.46. The van der Waals surface area contributed by atoms with Crippen molar-refractivity contribution in [2.45, 2.75) is 45.4 Å². The first kappa shape index (κ1) is 22.3. The van der Waals surface area contributed by atoms with Crippen LogP contribution in [0.3, 0.4) is 0 Å². The Hall–Kier alpha value is -2.95. The van der Waals surface area contributed by atoms with Gasteiger partial charge in [-0.05, 0) is 49.6 Å². The average molecular weight is 429 g/mol. The molecule has 0 aliphatic carbocycles. The highest BCUT2D eigenvalue weighted by molar-refractivity contribution is 5.94. The van der Waals surface area contributed by atoms with Crippen LogP contribution in [0.5, 0.6) is 5.75 Å². The summed E-state index contributed by atoms with van der Waals surface area (Å²) < 4.78 is 0. The Balaban J connectivity index is 1.59. The van der Waals surface area contributed by atoms with E-state index in [1.165, 1.54) is 16.7 Å². The zero-order valence-corrected chi connectivity index (χ0v) is 19.1. The normalized spacial score (nSPS) is 20.7. The fourth-order valence-electron chi connectivity index (χ4n) is 4.75. The topological polar surface area (TPSA) is 43.8 Å². The first-order valence-electron chi connectivity index (χ1n) is 11.4. The lowest BCUT2D eigenvalue weighted by molar-refractivity contribution is 0.0195. The molecule has 4 heteroatoms. The molecular formula is C28H32N2O2. The number of aromatic hydroxyl groups is 1. The van der Waals surface area contributed by atoms with Gasteiger partial charge in [0.25, 0.3) is 0 Å². The van der Waals surface area contributed by atoms with E-state index in [1.54, 1.807) is 19.1 Å². The molecule has 1 aliphatic rings. The average Bonchev–Trinajstić information content (AvgIpc) is 2.80. The molecule has 0 amide bonds. The predicted molar refractivity (Wildman–Crippen MR) is 129 cm³/mol. The summed E-state index contributed by atoms with van der Waals surface area (Å²) in [6.07, 6.45) is 0. The van der Waals surface area contributed by atoms with E-state index in [0.29, 0.717) is 17.8 Å². The molecule has 0 bridgehead atoms. The summed E-state index contributed by atoms with van der Waals surface area (Å²) in [6, 6.07) is 27.2. The number of ketones is 1. The van der Waals surface area contributed by atoms with E-state index in [4.69, 9.17) is 0 Å². The molecule has 32 heavy (non-hydrogen) atoms. The standard InChI is InChI=1S/C28H32N2O2/c1-20-18-30(21(2)17-29(20)19-23-9-15-27(32)16-10-23)28(25-7-5-4-6-8-25)26-13-11-24(12-14-26)22(3)31/h4-16,20-21,28,32H,17-19H2,1-3H3/t20-,21+,28+/m1/s1. The number of carbonyl (C=O) groups is 1. The third-order valence-corrected chi connectivity index (χ3v) is 6.57. The third-order valence-electron chi connectivity index (χ3n) is 6.57. The number of hydrogen-bond donors (Lipinski definition) is 1. The fraction of sp³-hybridized carbons (Fsp3) is 0.321. The number of piperazine rings is 1. The Bertz CT molecular complexity index is 1030. The van der Waals surface area contributed by atoms with Gasteiger partial charge in [-0.1, -0.05) is 66.7 Å². The molecule has 4 nitrogen and oxygen atoms in total. The van der Waals surface area contributed by atoms with E-state index < -0.39 is 0 Å². The van der Waals surface area contributed by atoms with Crippen LogP contribution in [0.4, 0.5) is 0 Å². The Morgan fingerprint density at radius 2 is 1.50 bits per heavy atom. The van der Waals surface area contributed by atoms with Crippen molar-refractivity contribution in [1.82, 2.24) is 9.80 Å². The predicted octanol–water partition coefficient (Wildman–Crippen LogP) is 5.28. The van der Waals surface area contributed by atoms with E-state index in [1.807, 2.05) is 24.3 Å². The highest BCUT2D eigenvalue weighted by Crippen LogP contribution is 2.33. The van der Waals surface area contributed by atoms with Crippen LogP contribution in [0.25, 0.3) is 0 Å². The van der Waals surface area contributed by atoms with Gasteiger partial charge in [0.2, 0.25) is 0 Å². The van der Waals surface area contributed by atoms with Gasteiger partial charge in [-0.15, -0.1) is 0 Å². The second-order valence-electron chi connectivity index (χ2n) is 8.98. The number of Topliss-reactive ketones (excluding diaryl/α,β-unsaturated/α-hetero) is 1. The van der Waals surface area contributed by atoms with Crippen LogP contribution in [0.15, 0.2) is 78.9 Å². The first-order valence-corrected chi connectivity index (χ1v) is 11.4. The lowest BCUT2D eigenvalue weighted by Gasteiger charge is -2.47. The summed E-state index contributed by atoms with van der Waals surface area (Å²) in [5.74, 6) is 0.402. The van der Waals surface area contributed by atoms with Gasteiger partial charge in [0.05, 0.1) is 6.04 Å². The maximum Gasteiger partial charge on any atom is 0.159 e. The lowest BCUT2D eigenvalue weighted by atomic mass is 9.92. The molecule has 1 fully saturated rings. The number of nitrogens with zero attached hydrogens (tertiary/aromatic N) is 2. The molecule has 4 rings (SSSR count). The Labute approximate surface area is 191 Å². The van der Waals surface area contributed by atoms with Gasteiger partial charge in [0.1, 0.15) is 5.75 Å². The molecule has 0 radical (unpaired) electrons. The van der Waals surface area contributed by atoms with Crippen molar-refractivity contribution in [3.8, 4) is 5.75 Å². The second kappa shape index (κ2) is 9.68. The summed E-state index contributed by atoms with van der Waals surface area (Å²) >= 11 is 0. The fourth-order valence-corrected chi connectivity index (χ4v) is 4.75. The smallest absolute Gasteiger partial charge is 0.159 e. The van der Waals surface area contributed by atoms with E-state index in [0.717, 1.165) is 25.2 Å². The molecule has 3 aromatic carbocycles. The summed E-state index contributed by atoms with van der Waals surface area (Å²) in [4.78, 5) is 16.9. The van der Waals surface area contributed by atoms with Crippen LogP contribution in [-0.4, -0.2) is 45.9 Å². The van der Waals surface area contributed by atoms with Crippen molar-refractivity contribution in [3.63, 3.8) is 0 Å². The highest BCUT2D eigenvalue weighted by atomic mass is 16.3. The van der Waals surface area contributed by atoms with E-state index in [-0.39, 0.29) is 11.8 Å². The molecule has 1 N–H and O–H groups in total. The van der Waals surface area contributed by atoms with E-state index in [9.17, 15) is 9.90 Å². The summed E-state index contributed by atoms with van der Waals surface area (Å²) in [6.45, 7) is 9.00. The van der Waals surface area contributed by atoms with E-state index in [2.05, 4.69) is 66.1 Å². The van der Waals surface area contributed by atoms with Crippen LogP contribution in [0.1, 0.15) is 53.9 Å². The molecule has 3 atom stereocenters. The minimum absolute atomic E-state index is 0.0950. The molecule has 0 spiro atoms. The van der Waals surface area contributed by atoms with Gasteiger partial charge in [-0.3, -0.25) is 14.6 Å². The molecule has 3 aromatic rings. The maximum absolute atomic E-state index is 11.8. The van der Waals surface area contributed by atoms with E-state index >= 15 is 0 Å². The van der Waals surface area contributed by atoms with Crippen molar-refractivity contribution in [1.29, 1.82) is 0 Å². The third kappa shape index (κ3) is 4.93. The number of benzene rings is 3. The lowest BCUT2D eigenvalue weighted by Crippen LogP contribution is -2.56. The summed E-state index contributed by atoms with van der Waals surface area (Å²) in [7, 11) is 0. The molecule has 0 saturated carbocycles. The Morgan fingerprint density at radius 1 is 0.875 bits per heavy atom. The van der Waals surface area contributed by atoms with Crippen molar-refractivity contribution in [2.24, 2.45) is 0 Å². The molecule has 0 unspecified atom stereocenters. The van der Waals surface area contributed by atoms with Crippen molar-refractivity contribution < 1.29 is 9.90 Å². The number of hydrogen-bond acceptors (Lipinski definition) is 4. The molecule has 0 aromatic heterocycles. The highest BCUT2D eigenvalue weighted by Gasteiger charge is 2.34. The first-order chi connectivity index (χ1) is 15.4. The number of rotatable bonds is 6. The Morgan fingerprint density at radius 3 is 2.12 bits per heavy atom. The van der Waals surface area contributed by atoms with Gasteiger partial charge in [0, 0.05) is 37.3 Å². The van der Waals surface area contributed by atoms with Crippen molar-refractivity contribution in [2.75, 3.05) is 13.1 Å². The number of carbonyl (C=O) groups excluding carboxylic acids is 1. The number of phenols is 1. The van der Waals surface area contributed by atoms with Crippen LogP contribution >= 0.6 is 0 Å². The van der Waals surface area contributed by atoms with Gasteiger partial charge in [0.15, 0.2) is 5.78 Å². The molecule has 1 heterocycles. The van der Waals surface area contributed by atoms with Crippen LogP contribution in [0.2, 0.25) is 0 Å². The molecule has 1 saturated heterocycles.